The average Bonchev–Trinajstić information content (AvgIpc) is 2.30. The maximum atomic E-state index is 11.8. The molecule has 0 aliphatic carbocycles. The van der Waals surface area contributed by atoms with Gasteiger partial charge in [-0.3, -0.25) is 19.7 Å². The number of carbonyl (C=O) groups is 2. The predicted molar refractivity (Wildman–Crippen MR) is 66.8 cm³/mol. The van der Waals surface area contributed by atoms with Crippen molar-refractivity contribution in [2.75, 3.05) is 12.3 Å². The van der Waals surface area contributed by atoms with E-state index in [-0.39, 0.29) is 29.9 Å². The van der Waals surface area contributed by atoms with Gasteiger partial charge in [0, 0.05) is 12.6 Å². The third kappa shape index (κ3) is 3.66. The van der Waals surface area contributed by atoms with Gasteiger partial charge in [-0.25, -0.2) is 0 Å². The van der Waals surface area contributed by atoms with Gasteiger partial charge in [-0.15, -0.1) is 0 Å². The third-order valence-corrected chi connectivity index (χ3v) is 2.37. The lowest BCUT2D eigenvalue weighted by atomic mass is 10.1. The number of benzene rings is 1. The highest BCUT2D eigenvalue weighted by Crippen LogP contribution is 2.26. The Morgan fingerprint density at radius 3 is 2.63 bits per heavy atom. The van der Waals surface area contributed by atoms with Crippen molar-refractivity contribution in [3.05, 3.63) is 33.4 Å². The number of hydrogen-bond donors (Lipinski definition) is 3. The molecule has 8 nitrogen and oxygen atoms in total. The van der Waals surface area contributed by atoms with Crippen molar-refractivity contribution in [2.45, 2.75) is 13.3 Å². The molecule has 0 aromatic heterocycles. The number of rotatable bonds is 5. The first-order valence-corrected chi connectivity index (χ1v) is 5.37. The average molecular weight is 267 g/mol. The van der Waals surface area contributed by atoms with Crippen LogP contribution in [-0.2, 0) is 4.79 Å². The number of aliphatic carboxylic acids is 1. The Kier molecular flexibility index (Phi) is 4.41. The van der Waals surface area contributed by atoms with Crippen LogP contribution < -0.4 is 11.1 Å². The summed E-state index contributed by atoms with van der Waals surface area (Å²) in [7, 11) is 0. The predicted octanol–water partition coefficient (Wildman–Crippen LogP) is 0.690. The summed E-state index contributed by atoms with van der Waals surface area (Å²) in [6.45, 7) is 1.52. The van der Waals surface area contributed by atoms with E-state index in [0.29, 0.717) is 5.56 Å². The molecule has 102 valence electrons. The summed E-state index contributed by atoms with van der Waals surface area (Å²) in [4.78, 5) is 32.2. The number of nitro groups is 1. The Morgan fingerprint density at radius 2 is 2.11 bits per heavy atom. The largest absolute Gasteiger partial charge is 0.481 e. The van der Waals surface area contributed by atoms with Crippen LogP contribution in [0.3, 0.4) is 0 Å². The van der Waals surface area contributed by atoms with Crippen LogP contribution in [0, 0.1) is 17.0 Å². The summed E-state index contributed by atoms with van der Waals surface area (Å²) in [5.41, 5.74) is 5.48. The first kappa shape index (κ1) is 14.4. The van der Waals surface area contributed by atoms with E-state index in [9.17, 15) is 19.7 Å². The Morgan fingerprint density at radius 1 is 1.47 bits per heavy atom. The number of nitrogens with two attached hydrogens (primary N) is 1. The number of carbonyl (C=O) groups excluding carboxylic acids is 1. The molecule has 0 saturated heterocycles. The molecule has 0 spiro atoms. The Labute approximate surface area is 108 Å². The zero-order valence-corrected chi connectivity index (χ0v) is 10.2. The number of carboxylic acid groups (broad SMARTS) is 1. The summed E-state index contributed by atoms with van der Waals surface area (Å²) in [5, 5.41) is 21.6. The number of carboxylic acids is 1. The summed E-state index contributed by atoms with van der Waals surface area (Å²) in [5.74, 6) is -1.69. The molecule has 0 fully saturated rings. The molecule has 0 radical (unpaired) electrons. The normalized spacial score (nSPS) is 9.95. The van der Waals surface area contributed by atoms with Crippen LogP contribution in [0.4, 0.5) is 11.4 Å². The van der Waals surface area contributed by atoms with E-state index >= 15 is 0 Å². The number of nitrogen functional groups attached to an aromatic ring is 1. The fraction of sp³-hybridized carbons (Fsp3) is 0.273. The molecule has 19 heavy (non-hydrogen) atoms. The molecule has 0 aliphatic heterocycles. The highest BCUT2D eigenvalue weighted by molar-refractivity contribution is 6.01. The van der Waals surface area contributed by atoms with Crippen LogP contribution >= 0.6 is 0 Å². The smallest absolute Gasteiger partial charge is 0.305 e. The van der Waals surface area contributed by atoms with Crippen molar-refractivity contribution in [3.8, 4) is 0 Å². The molecular weight excluding hydrogens is 254 g/mol. The highest BCUT2D eigenvalue weighted by atomic mass is 16.6. The second-order valence-electron chi connectivity index (χ2n) is 3.90. The van der Waals surface area contributed by atoms with Gasteiger partial charge in [0.15, 0.2) is 0 Å². The van der Waals surface area contributed by atoms with Crippen LogP contribution in [0.15, 0.2) is 12.1 Å². The van der Waals surface area contributed by atoms with E-state index < -0.39 is 16.8 Å². The van der Waals surface area contributed by atoms with E-state index in [0.717, 1.165) is 0 Å². The van der Waals surface area contributed by atoms with Crippen molar-refractivity contribution in [3.63, 3.8) is 0 Å². The van der Waals surface area contributed by atoms with E-state index in [1.54, 1.807) is 6.92 Å². The molecule has 0 bridgehead atoms. The minimum atomic E-state index is -1.05. The van der Waals surface area contributed by atoms with E-state index in [1.807, 2.05) is 0 Å². The Balaban J connectivity index is 2.96. The molecule has 4 N–H and O–H groups in total. The molecule has 0 unspecified atom stereocenters. The van der Waals surface area contributed by atoms with Crippen molar-refractivity contribution < 1.29 is 19.6 Å². The molecule has 1 aromatic carbocycles. The lowest BCUT2D eigenvalue weighted by molar-refractivity contribution is -0.384. The second-order valence-corrected chi connectivity index (χ2v) is 3.90. The van der Waals surface area contributed by atoms with E-state index in [1.165, 1.54) is 12.1 Å². The molecule has 0 atom stereocenters. The molecule has 8 heteroatoms. The van der Waals surface area contributed by atoms with E-state index in [2.05, 4.69) is 5.32 Å². The highest BCUT2D eigenvalue weighted by Gasteiger charge is 2.20. The van der Waals surface area contributed by atoms with Crippen LogP contribution in [0.5, 0.6) is 0 Å². The fourth-order valence-electron chi connectivity index (χ4n) is 1.50. The first-order valence-electron chi connectivity index (χ1n) is 5.37. The SMILES string of the molecule is Cc1cc(C(=O)NCCC(=O)O)c(N)c([N+](=O)[O-])c1. The van der Waals surface area contributed by atoms with Gasteiger partial charge in [0.2, 0.25) is 0 Å². The van der Waals surface area contributed by atoms with Crippen LogP contribution in [0.25, 0.3) is 0 Å². The number of hydrogen-bond acceptors (Lipinski definition) is 5. The monoisotopic (exact) mass is 267 g/mol. The van der Waals surface area contributed by atoms with Crippen LogP contribution in [0.2, 0.25) is 0 Å². The van der Waals surface area contributed by atoms with Gasteiger partial charge in [0.1, 0.15) is 5.69 Å². The molecule has 1 aromatic rings. The topological polar surface area (TPSA) is 136 Å². The minimum absolute atomic E-state index is 0.0305. The second kappa shape index (κ2) is 5.80. The van der Waals surface area contributed by atoms with Crippen LogP contribution in [-0.4, -0.2) is 28.5 Å². The summed E-state index contributed by atoms with van der Waals surface area (Å²) in [6.07, 6.45) is -0.237. The zero-order chi connectivity index (χ0) is 14.6. The molecule has 1 rings (SSSR count). The Bertz CT molecular complexity index is 541. The van der Waals surface area contributed by atoms with Crippen LogP contribution in [0.1, 0.15) is 22.3 Å². The summed E-state index contributed by atoms with van der Waals surface area (Å²) >= 11 is 0. The summed E-state index contributed by atoms with van der Waals surface area (Å²) < 4.78 is 0. The molecule has 0 heterocycles. The molecule has 1 amide bonds. The lowest BCUT2D eigenvalue weighted by Crippen LogP contribution is -2.27. The quantitative estimate of drug-likeness (QED) is 0.408. The maximum absolute atomic E-state index is 11.8. The molecule has 0 aliphatic rings. The number of aryl methyl sites for hydroxylation is 1. The van der Waals surface area contributed by atoms with E-state index in [4.69, 9.17) is 10.8 Å². The van der Waals surface area contributed by atoms with Crippen molar-refractivity contribution in [1.82, 2.24) is 5.32 Å². The van der Waals surface area contributed by atoms with Gasteiger partial charge in [-0.05, 0) is 18.6 Å². The van der Waals surface area contributed by atoms with Gasteiger partial charge in [0.25, 0.3) is 11.6 Å². The first-order chi connectivity index (χ1) is 8.82. The lowest BCUT2D eigenvalue weighted by Gasteiger charge is -2.08. The molecule has 0 saturated carbocycles. The zero-order valence-electron chi connectivity index (χ0n) is 10.2. The van der Waals surface area contributed by atoms with Gasteiger partial charge in [0.05, 0.1) is 16.9 Å². The standard InChI is InChI=1S/C11H13N3O5/c1-6-4-7(10(12)8(5-6)14(18)19)11(17)13-3-2-9(15)16/h4-5H,2-3,12H2,1H3,(H,13,17)(H,15,16). The number of amides is 1. The van der Waals surface area contributed by atoms with Gasteiger partial charge in [-0.2, -0.15) is 0 Å². The number of nitro benzene ring substituents is 1. The van der Waals surface area contributed by atoms with Gasteiger partial charge in [-0.1, -0.05) is 0 Å². The summed E-state index contributed by atoms with van der Waals surface area (Å²) in [6, 6.07) is 2.68. The van der Waals surface area contributed by atoms with Crippen molar-refractivity contribution in [1.29, 1.82) is 0 Å². The number of anilines is 1. The third-order valence-electron chi connectivity index (χ3n) is 2.37. The maximum Gasteiger partial charge on any atom is 0.305 e. The van der Waals surface area contributed by atoms with Gasteiger partial charge < -0.3 is 16.2 Å². The fourth-order valence-corrected chi connectivity index (χ4v) is 1.50. The van der Waals surface area contributed by atoms with Crippen molar-refractivity contribution >= 4 is 23.3 Å². The Hall–Kier alpha value is -2.64. The number of nitrogens with one attached hydrogen (secondary N) is 1. The number of nitrogens with zero attached hydrogens (tertiary/aromatic N) is 1. The molecular formula is C11H13N3O5. The van der Waals surface area contributed by atoms with Gasteiger partial charge >= 0.3 is 5.97 Å². The van der Waals surface area contributed by atoms with Crippen molar-refractivity contribution in [2.24, 2.45) is 0 Å². The minimum Gasteiger partial charge on any atom is -0.481 e.